The molecule has 0 saturated carbocycles. The van der Waals surface area contributed by atoms with Crippen molar-refractivity contribution in [1.29, 1.82) is 0 Å². The zero-order valence-electron chi connectivity index (χ0n) is 16.3. The van der Waals surface area contributed by atoms with E-state index < -0.39 is 18.0 Å². The number of urea groups is 1. The van der Waals surface area contributed by atoms with Crippen molar-refractivity contribution in [2.24, 2.45) is 0 Å². The molecule has 2 unspecified atom stereocenters. The van der Waals surface area contributed by atoms with Crippen LogP contribution in [0.3, 0.4) is 0 Å². The smallest absolute Gasteiger partial charge is 0.329 e. The topological polar surface area (TPSA) is 106 Å². The summed E-state index contributed by atoms with van der Waals surface area (Å²) in [5.74, 6) is 1.05. The first-order valence-corrected chi connectivity index (χ1v) is 9.49. The Balaban J connectivity index is 1.30. The van der Waals surface area contributed by atoms with E-state index >= 15 is 0 Å². The number of carbonyl (C=O) groups is 3. The number of fused-ring (bicyclic) bond motifs is 1. The first-order chi connectivity index (χ1) is 14.5. The van der Waals surface area contributed by atoms with Gasteiger partial charge in [-0.1, -0.05) is 12.1 Å². The van der Waals surface area contributed by atoms with Crippen LogP contribution in [-0.4, -0.2) is 50.3 Å². The fourth-order valence-corrected chi connectivity index (χ4v) is 3.29. The highest BCUT2D eigenvalue weighted by Crippen LogP contribution is 2.30. The standard InChI is InChI=1S/C21H21N3O6/c1-28-14-8-6-13(7-9-14)24-20(26)16(23-21(24)27)10-19(25)22-11-15-12-29-17-4-2-3-5-18(17)30-15/h2-9,15-16H,10-12H2,1H3,(H,22,25)(H,23,27). The number of para-hydroxylation sites is 2. The Morgan fingerprint density at radius 2 is 1.90 bits per heavy atom. The molecule has 0 aromatic heterocycles. The quantitative estimate of drug-likeness (QED) is 0.698. The zero-order chi connectivity index (χ0) is 21.1. The Hall–Kier alpha value is -3.75. The normalized spacial score (nSPS) is 20.0. The Kier molecular flexibility index (Phi) is 5.42. The first kappa shape index (κ1) is 19.6. The van der Waals surface area contributed by atoms with E-state index in [0.29, 0.717) is 29.5 Å². The van der Waals surface area contributed by atoms with E-state index in [1.54, 1.807) is 30.3 Å². The van der Waals surface area contributed by atoms with Crippen molar-refractivity contribution in [2.45, 2.75) is 18.6 Å². The third kappa shape index (κ3) is 4.00. The number of carbonyl (C=O) groups excluding carboxylic acids is 3. The monoisotopic (exact) mass is 411 g/mol. The van der Waals surface area contributed by atoms with Crippen molar-refractivity contribution in [1.82, 2.24) is 10.6 Å². The predicted octanol–water partition coefficient (Wildman–Crippen LogP) is 1.47. The number of anilines is 1. The maximum Gasteiger partial charge on any atom is 0.329 e. The molecule has 2 aromatic carbocycles. The average Bonchev–Trinajstić information content (AvgIpc) is 3.05. The number of nitrogens with one attached hydrogen (secondary N) is 2. The second-order valence-electron chi connectivity index (χ2n) is 6.88. The summed E-state index contributed by atoms with van der Waals surface area (Å²) in [5.41, 5.74) is 0.410. The molecule has 2 atom stereocenters. The lowest BCUT2D eigenvalue weighted by Crippen LogP contribution is -2.43. The molecule has 0 radical (unpaired) electrons. The summed E-state index contributed by atoms with van der Waals surface area (Å²) < 4.78 is 16.5. The second-order valence-corrected chi connectivity index (χ2v) is 6.88. The molecule has 2 heterocycles. The van der Waals surface area contributed by atoms with Crippen molar-refractivity contribution in [3.63, 3.8) is 0 Å². The van der Waals surface area contributed by atoms with Crippen LogP contribution in [0, 0.1) is 0 Å². The SMILES string of the molecule is COc1ccc(N2C(=O)NC(CC(=O)NCC3COc4ccccc4O3)C2=O)cc1. The van der Waals surface area contributed by atoms with Crippen LogP contribution in [0.25, 0.3) is 0 Å². The van der Waals surface area contributed by atoms with Gasteiger partial charge >= 0.3 is 6.03 Å². The summed E-state index contributed by atoms with van der Waals surface area (Å²) in [6, 6.07) is 12.3. The van der Waals surface area contributed by atoms with Gasteiger partial charge in [0.2, 0.25) is 5.91 Å². The van der Waals surface area contributed by atoms with Gasteiger partial charge in [0.1, 0.15) is 24.5 Å². The predicted molar refractivity (Wildman–Crippen MR) is 107 cm³/mol. The van der Waals surface area contributed by atoms with Gasteiger partial charge < -0.3 is 24.8 Å². The fourth-order valence-electron chi connectivity index (χ4n) is 3.29. The molecule has 156 valence electrons. The van der Waals surface area contributed by atoms with E-state index in [1.165, 1.54) is 7.11 Å². The molecule has 2 aliphatic heterocycles. The minimum absolute atomic E-state index is 0.165. The molecule has 0 aliphatic carbocycles. The summed E-state index contributed by atoms with van der Waals surface area (Å²) >= 11 is 0. The molecule has 30 heavy (non-hydrogen) atoms. The minimum atomic E-state index is -0.927. The van der Waals surface area contributed by atoms with Gasteiger partial charge in [-0.15, -0.1) is 0 Å². The molecule has 1 saturated heterocycles. The van der Waals surface area contributed by atoms with Gasteiger partial charge in [0.15, 0.2) is 11.5 Å². The van der Waals surface area contributed by atoms with Gasteiger partial charge in [-0.05, 0) is 36.4 Å². The summed E-state index contributed by atoms with van der Waals surface area (Å²) in [4.78, 5) is 38.2. The summed E-state index contributed by atoms with van der Waals surface area (Å²) in [7, 11) is 1.53. The third-order valence-corrected chi connectivity index (χ3v) is 4.83. The molecular weight excluding hydrogens is 390 g/mol. The third-order valence-electron chi connectivity index (χ3n) is 4.83. The van der Waals surface area contributed by atoms with E-state index in [-0.39, 0.29) is 25.0 Å². The van der Waals surface area contributed by atoms with Gasteiger partial charge in [0.05, 0.1) is 25.8 Å². The molecule has 2 aromatic rings. The van der Waals surface area contributed by atoms with Crippen LogP contribution in [0.1, 0.15) is 6.42 Å². The molecule has 2 N–H and O–H groups in total. The highest BCUT2D eigenvalue weighted by atomic mass is 16.6. The number of hydrogen-bond donors (Lipinski definition) is 2. The molecule has 0 bridgehead atoms. The molecule has 1 fully saturated rings. The number of benzene rings is 2. The number of amides is 4. The number of methoxy groups -OCH3 is 1. The second kappa shape index (κ2) is 8.32. The number of imide groups is 1. The van der Waals surface area contributed by atoms with E-state index in [9.17, 15) is 14.4 Å². The van der Waals surface area contributed by atoms with Gasteiger partial charge in [-0.2, -0.15) is 0 Å². The van der Waals surface area contributed by atoms with Crippen molar-refractivity contribution >= 4 is 23.5 Å². The molecule has 4 rings (SSSR count). The van der Waals surface area contributed by atoms with Crippen molar-refractivity contribution in [3.8, 4) is 17.2 Å². The lowest BCUT2D eigenvalue weighted by atomic mass is 10.2. The summed E-state index contributed by atoms with van der Waals surface area (Å²) in [6.45, 7) is 0.534. The molecule has 4 amide bonds. The van der Waals surface area contributed by atoms with Gasteiger partial charge in [0.25, 0.3) is 5.91 Å². The molecule has 2 aliphatic rings. The number of hydrogen-bond acceptors (Lipinski definition) is 6. The summed E-state index contributed by atoms with van der Waals surface area (Å²) in [5, 5.41) is 5.28. The largest absolute Gasteiger partial charge is 0.497 e. The Bertz CT molecular complexity index is 961. The van der Waals surface area contributed by atoms with Crippen LogP contribution in [0.5, 0.6) is 17.2 Å². The molecule has 9 heteroatoms. The molecule has 0 spiro atoms. The lowest BCUT2D eigenvalue weighted by Gasteiger charge is -2.26. The van der Waals surface area contributed by atoms with Crippen LogP contribution >= 0.6 is 0 Å². The number of rotatable bonds is 6. The van der Waals surface area contributed by atoms with Gasteiger partial charge in [-0.25, -0.2) is 9.69 Å². The maximum atomic E-state index is 12.6. The van der Waals surface area contributed by atoms with E-state index in [4.69, 9.17) is 14.2 Å². The van der Waals surface area contributed by atoms with Crippen LogP contribution < -0.4 is 29.7 Å². The van der Waals surface area contributed by atoms with Crippen molar-refractivity contribution < 1.29 is 28.6 Å². The Morgan fingerprint density at radius 1 is 1.17 bits per heavy atom. The fraction of sp³-hybridized carbons (Fsp3) is 0.286. The van der Waals surface area contributed by atoms with Crippen molar-refractivity contribution in [2.75, 3.05) is 25.2 Å². The average molecular weight is 411 g/mol. The zero-order valence-corrected chi connectivity index (χ0v) is 16.3. The lowest BCUT2D eigenvalue weighted by molar-refractivity contribution is -0.125. The minimum Gasteiger partial charge on any atom is -0.497 e. The highest BCUT2D eigenvalue weighted by Gasteiger charge is 2.40. The Morgan fingerprint density at radius 3 is 2.63 bits per heavy atom. The van der Waals surface area contributed by atoms with Crippen LogP contribution in [0.15, 0.2) is 48.5 Å². The highest BCUT2D eigenvalue weighted by molar-refractivity contribution is 6.22. The molecule has 9 nitrogen and oxygen atoms in total. The van der Waals surface area contributed by atoms with Gasteiger partial charge in [-0.3, -0.25) is 9.59 Å². The maximum absolute atomic E-state index is 12.6. The van der Waals surface area contributed by atoms with E-state index in [2.05, 4.69) is 10.6 Å². The van der Waals surface area contributed by atoms with E-state index in [0.717, 1.165) is 4.90 Å². The van der Waals surface area contributed by atoms with Crippen molar-refractivity contribution in [3.05, 3.63) is 48.5 Å². The van der Waals surface area contributed by atoms with Crippen LogP contribution in [-0.2, 0) is 9.59 Å². The first-order valence-electron chi connectivity index (χ1n) is 9.49. The molecular formula is C21H21N3O6. The number of ether oxygens (including phenoxy) is 3. The number of nitrogens with zero attached hydrogens (tertiary/aromatic N) is 1. The van der Waals surface area contributed by atoms with Gasteiger partial charge in [0, 0.05) is 0 Å². The van der Waals surface area contributed by atoms with Crippen LogP contribution in [0.4, 0.5) is 10.5 Å². The summed E-state index contributed by atoms with van der Waals surface area (Å²) in [6.07, 6.45) is -0.505. The Labute approximate surface area is 172 Å². The van der Waals surface area contributed by atoms with Crippen LogP contribution in [0.2, 0.25) is 0 Å². The van der Waals surface area contributed by atoms with E-state index in [1.807, 2.05) is 18.2 Å².